The molecular weight excluding hydrogens is 302 g/mol. The van der Waals surface area contributed by atoms with E-state index in [0.717, 1.165) is 5.57 Å². The first kappa shape index (κ1) is 17.2. The molecular formula is C24H26N+. The summed E-state index contributed by atoms with van der Waals surface area (Å²) in [5.41, 5.74) is 8.83. The van der Waals surface area contributed by atoms with Gasteiger partial charge in [0.1, 0.15) is 0 Å². The minimum atomic E-state index is 0.137. The van der Waals surface area contributed by atoms with Crippen molar-refractivity contribution < 1.29 is 4.57 Å². The highest BCUT2D eigenvalue weighted by Gasteiger charge is 2.39. The summed E-state index contributed by atoms with van der Waals surface area (Å²) >= 11 is 0. The third-order valence-corrected chi connectivity index (χ3v) is 4.83. The first-order valence-electron chi connectivity index (χ1n) is 8.85. The van der Waals surface area contributed by atoms with Crippen molar-refractivity contribution in [1.82, 2.24) is 0 Å². The molecule has 126 valence electrons. The molecule has 2 aromatic rings. The van der Waals surface area contributed by atoms with E-state index >= 15 is 0 Å². The topological polar surface area (TPSA) is 3.88 Å². The van der Waals surface area contributed by atoms with Crippen LogP contribution in [0.5, 0.6) is 0 Å². The van der Waals surface area contributed by atoms with Crippen molar-refractivity contribution in [3.63, 3.8) is 0 Å². The third kappa shape index (κ3) is 2.91. The van der Waals surface area contributed by atoms with Gasteiger partial charge in [0, 0.05) is 23.3 Å². The number of hydrogen-bond donors (Lipinski definition) is 0. The Balaban J connectivity index is 2.26. The minimum absolute atomic E-state index is 0.137. The molecule has 1 aliphatic heterocycles. The maximum absolute atomic E-state index is 4.45. The maximum atomic E-state index is 4.45. The van der Waals surface area contributed by atoms with Crippen LogP contribution in [-0.4, -0.2) is 0 Å². The smallest absolute Gasteiger partial charge is 0.187 e. The van der Waals surface area contributed by atoms with Crippen LogP contribution in [-0.2, 0) is 0 Å². The largest absolute Gasteiger partial charge is 0.213 e. The SMILES string of the molecule is C=C1C(=CC)c2cccc[n+]2C1c1ccccc1C(C=CC)=C(C)C. The predicted molar refractivity (Wildman–Crippen MR) is 107 cm³/mol. The molecule has 25 heavy (non-hydrogen) atoms. The zero-order valence-electron chi connectivity index (χ0n) is 15.6. The summed E-state index contributed by atoms with van der Waals surface area (Å²) in [4.78, 5) is 0. The molecule has 1 unspecified atom stereocenters. The molecule has 1 aliphatic rings. The number of pyridine rings is 1. The lowest BCUT2D eigenvalue weighted by atomic mass is 9.89. The van der Waals surface area contributed by atoms with E-state index in [2.05, 4.69) is 106 Å². The summed E-state index contributed by atoms with van der Waals surface area (Å²) in [7, 11) is 0. The van der Waals surface area contributed by atoms with Crippen molar-refractivity contribution in [2.45, 2.75) is 33.7 Å². The highest BCUT2D eigenvalue weighted by molar-refractivity contribution is 5.82. The van der Waals surface area contributed by atoms with E-state index < -0.39 is 0 Å². The van der Waals surface area contributed by atoms with Crippen LogP contribution < -0.4 is 4.57 Å². The van der Waals surface area contributed by atoms with Gasteiger partial charge in [-0.05, 0) is 44.9 Å². The molecule has 2 heterocycles. The summed E-state index contributed by atoms with van der Waals surface area (Å²) in [6.07, 6.45) is 8.65. The van der Waals surface area contributed by atoms with Gasteiger partial charge in [0.05, 0.1) is 5.57 Å². The van der Waals surface area contributed by atoms with E-state index in [1.165, 1.54) is 33.5 Å². The van der Waals surface area contributed by atoms with Gasteiger partial charge in [-0.2, -0.15) is 4.57 Å². The van der Waals surface area contributed by atoms with E-state index in [1.54, 1.807) is 0 Å². The number of rotatable bonds is 3. The fourth-order valence-electron chi connectivity index (χ4n) is 3.73. The van der Waals surface area contributed by atoms with Gasteiger partial charge in [0.25, 0.3) is 0 Å². The highest BCUT2D eigenvalue weighted by atomic mass is 15.0. The molecule has 0 N–H and O–H groups in total. The molecule has 3 rings (SSSR count). The molecule has 1 heteroatoms. The number of allylic oxidation sites excluding steroid dienone is 7. The fraction of sp³-hybridized carbons (Fsp3) is 0.208. The van der Waals surface area contributed by atoms with Crippen molar-refractivity contribution in [3.8, 4) is 0 Å². The third-order valence-electron chi connectivity index (χ3n) is 4.83. The Hall–Kier alpha value is -2.67. The van der Waals surface area contributed by atoms with Gasteiger partial charge >= 0.3 is 0 Å². The van der Waals surface area contributed by atoms with Crippen LogP contribution in [0.1, 0.15) is 50.6 Å². The van der Waals surface area contributed by atoms with Gasteiger partial charge in [-0.15, -0.1) is 0 Å². The summed E-state index contributed by atoms with van der Waals surface area (Å²) in [6, 6.07) is 15.2. The van der Waals surface area contributed by atoms with Crippen molar-refractivity contribution in [1.29, 1.82) is 0 Å². The molecule has 0 spiro atoms. The van der Waals surface area contributed by atoms with Crippen LogP contribution in [0.4, 0.5) is 0 Å². The Morgan fingerprint density at radius 3 is 2.44 bits per heavy atom. The average molecular weight is 328 g/mol. The molecule has 0 saturated heterocycles. The average Bonchev–Trinajstić information content (AvgIpc) is 2.90. The van der Waals surface area contributed by atoms with E-state index in [-0.39, 0.29) is 6.04 Å². The standard InChI is InChI=1S/C24H26N/c1-6-12-20(17(3)4)21-13-8-9-14-22(21)24-18(5)19(7-2)23-15-10-11-16-25(23)24/h6-16,24H,5H2,1-4H3/q+1. The Labute approximate surface area is 151 Å². The first-order chi connectivity index (χ1) is 12.1. The molecule has 0 saturated carbocycles. The Morgan fingerprint density at radius 1 is 1.04 bits per heavy atom. The number of benzene rings is 1. The van der Waals surface area contributed by atoms with E-state index in [1.807, 2.05) is 0 Å². The second-order valence-electron chi connectivity index (χ2n) is 6.62. The molecule has 0 fully saturated rings. The molecule has 1 atom stereocenters. The van der Waals surface area contributed by atoms with E-state index in [9.17, 15) is 0 Å². The second-order valence-corrected chi connectivity index (χ2v) is 6.62. The highest BCUT2D eigenvalue weighted by Crippen LogP contribution is 2.40. The summed E-state index contributed by atoms with van der Waals surface area (Å²) in [5.74, 6) is 0. The first-order valence-corrected chi connectivity index (χ1v) is 8.85. The van der Waals surface area contributed by atoms with Crippen LogP contribution in [0, 0.1) is 0 Å². The van der Waals surface area contributed by atoms with Crippen molar-refractivity contribution >= 4 is 11.1 Å². The summed E-state index contributed by atoms with van der Waals surface area (Å²) < 4.78 is 2.34. The number of fused-ring (bicyclic) bond motifs is 1. The normalized spacial score (nSPS) is 18.0. The second kappa shape index (κ2) is 7.06. The number of hydrogen-bond acceptors (Lipinski definition) is 0. The molecule has 0 radical (unpaired) electrons. The van der Waals surface area contributed by atoms with Crippen LogP contribution in [0.15, 0.2) is 84.6 Å². The molecule has 0 amide bonds. The Kier molecular flexibility index (Phi) is 4.85. The zero-order chi connectivity index (χ0) is 18.0. The lowest BCUT2D eigenvalue weighted by Crippen LogP contribution is -2.38. The number of aromatic nitrogens is 1. The zero-order valence-corrected chi connectivity index (χ0v) is 15.6. The van der Waals surface area contributed by atoms with Gasteiger partial charge in [0.15, 0.2) is 6.20 Å². The molecule has 0 bridgehead atoms. The Bertz CT molecular complexity index is 905. The lowest BCUT2D eigenvalue weighted by molar-refractivity contribution is -0.700. The summed E-state index contributed by atoms with van der Waals surface area (Å²) in [5, 5.41) is 0. The monoisotopic (exact) mass is 328 g/mol. The van der Waals surface area contributed by atoms with Crippen LogP contribution >= 0.6 is 0 Å². The lowest BCUT2D eigenvalue weighted by Gasteiger charge is -2.15. The van der Waals surface area contributed by atoms with Gasteiger partial charge in [0.2, 0.25) is 11.7 Å². The van der Waals surface area contributed by atoms with Gasteiger partial charge in [-0.25, -0.2) is 0 Å². The van der Waals surface area contributed by atoms with Crippen molar-refractivity contribution in [2.24, 2.45) is 0 Å². The molecule has 1 aromatic heterocycles. The fourth-order valence-corrected chi connectivity index (χ4v) is 3.73. The van der Waals surface area contributed by atoms with E-state index in [0.29, 0.717) is 0 Å². The van der Waals surface area contributed by atoms with Crippen molar-refractivity contribution in [2.75, 3.05) is 0 Å². The van der Waals surface area contributed by atoms with Crippen LogP contribution in [0.2, 0.25) is 0 Å². The van der Waals surface area contributed by atoms with Crippen molar-refractivity contribution in [3.05, 3.63) is 101 Å². The molecule has 1 aromatic carbocycles. The van der Waals surface area contributed by atoms with E-state index in [4.69, 9.17) is 0 Å². The predicted octanol–water partition coefficient (Wildman–Crippen LogP) is 5.91. The van der Waals surface area contributed by atoms with Crippen LogP contribution in [0.25, 0.3) is 11.1 Å². The minimum Gasteiger partial charge on any atom is -0.187 e. The quantitative estimate of drug-likeness (QED) is 0.487. The van der Waals surface area contributed by atoms with Gasteiger partial charge in [-0.3, -0.25) is 0 Å². The molecule has 0 aliphatic carbocycles. The Morgan fingerprint density at radius 2 is 1.76 bits per heavy atom. The maximum Gasteiger partial charge on any atom is 0.213 e. The number of nitrogens with zero attached hydrogens (tertiary/aromatic N) is 1. The van der Waals surface area contributed by atoms with Gasteiger partial charge in [-0.1, -0.05) is 54.6 Å². The van der Waals surface area contributed by atoms with Gasteiger partial charge < -0.3 is 0 Å². The summed E-state index contributed by atoms with van der Waals surface area (Å²) in [6.45, 7) is 13.0. The molecule has 1 nitrogen and oxygen atoms in total. The van der Waals surface area contributed by atoms with Crippen LogP contribution in [0.3, 0.4) is 0 Å².